The minimum Gasteiger partial charge on any atom is -0.467 e. The third-order valence-corrected chi connectivity index (χ3v) is 7.65. The molecule has 8 nitrogen and oxygen atoms in total. The van der Waals surface area contributed by atoms with Crippen LogP contribution in [0.25, 0.3) is 0 Å². The Morgan fingerprint density at radius 2 is 1.88 bits per heavy atom. The zero-order valence-corrected chi connectivity index (χ0v) is 20.5. The fraction of sp³-hybridized carbons (Fsp3) is 0.280. The first kappa shape index (κ1) is 23.7. The van der Waals surface area contributed by atoms with Crippen LogP contribution in [0, 0.1) is 13.8 Å². The molecule has 0 fully saturated rings. The summed E-state index contributed by atoms with van der Waals surface area (Å²) in [6.45, 7) is 3.83. The molecule has 1 amide bonds. The molecule has 0 saturated carbocycles. The molecule has 34 heavy (non-hydrogen) atoms. The van der Waals surface area contributed by atoms with Crippen LogP contribution in [-0.4, -0.2) is 50.0 Å². The minimum atomic E-state index is -3.59. The molecule has 1 atom stereocenters. The molecule has 1 aromatic heterocycles. The number of hydrogen-bond donors (Lipinski definition) is 1. The van der Waals surface area contributed by atoms with Crippen molar-refractivity contribution >= 4 is 27.3 Å². The summed E-state index contributed by atoms with van der Waals surface area (Å²) in [4.78, 5) is 13.4. The molecule has 4 rings (SSSR count). The zero-order chi connectivity index (χ0) is 24.5. The Labute approximate surface area is 199 Å². The molecule has 2 aromatic carbocycles. The van der Waals surface area contributed by atoms with E-state index in [0.717, 1.165) is 26.7 Å². The molecule has 0 saturated heterocycles. The number of rotatable bonds is 7. The smallest absolute Gasteiger partial charge is 0.262 e. The van der Waals surface area contributed by atoms with Crippen LogP contribution >= 0.6 is 0 Å². The molecular weight excluding hydrogens is 452 g/mol. The van der Waals surface area contributed by atoms with Gasteiger partial charge >= 0.3 is 0 Å². The first-order chi connectivity index (χ1) is 16.2. The maximum Gasteiger partial charge on any atom is 0.262 e. The molecular formula is C25H28N4O4S. The van der Waals surface area contributed by atoms with E-state index >= 15 is 0 Å². The second-order valence-electron chi connectivity index (χ2n) is 8.50. The van der Waals surface area contributed by atoms with Gasteiger partial charge in [-0.25, -0.2) is 17.7 Å². The molecule has 2 heterocycles. The summed E-state index contributed by atoms with van der Waals surface area (Å²) in [7, 11) is -0.619. The summed E-state index contributed by atoms with van der Waals surface area (Å²) >= 11 is 0. The number of benzene rings is 2. The van der Waals surface area contributed by atoms with Gasteiger partial charge in [0.2, 0.25) is 10.0 Å². The molecule has 0 bridgehead atoms. The quantitative estimate of drug-likeness (QED) is 0.553. The fourth-order valence-electron chi connectivity index (χ4n) is 3.78. The number of hydrazone groups is 1. The monoisotopic (exact) mass is 480 g/mol. The number of hydrogen-bond acceptors (Lipinski definition) is 6. The summed E-state index contributed by atoms with van der Waals surface area (Å²) < 4.78 is 31.8. The average molecular weight is 481 g/mol. The Bertz CT molecular complexity index is 1310. The van der Waals surface area contributed by atoms with Crippen molar-refractivity contribution in [2.45, 2.75) is 31.2 Å². The molecule has 0 radical (unpaired) electrons. The standard InChI is InChI=1S/C25H28N4O4S/c1-17-7-10-19(11-8-17)22-15-23(24-6-5-13-33-24)29(27-22)25(30)16-26-21-14-20(12-9-18(21)2)34(31,32)28(3)4/h5-14,23,26H,15-16H2,1-4H3. The fourth-order valence-corrected chi connectivity index (χ4v) is 4.71. The molecule has 1 unspecified atom stereocenters. The van der Waals surface area contributed by atoms with Crippen LogP contribution < -0.4 is 5.32 Å². The summed E-state index contributed by atoms with van der Waals surface area (Å²) in [5, 5.41) is 9.19. The number of carbonyl (C=O) groups is 1. The lowest BCUT2D eigenvalue weighted by Crippen LogP contribution is -2.32. The van der Waals surface area contributed by atoms with E-state index in [1.54, 1.807) is 30.5 Å². The van der Waals surface area contributed by atoms with Crippen LogP contribution in [0.4, 0.5) is 5.69 Å². The summed E-state index contributed by atoms with van der Waals surface area (Å²) in [5.41, 5.74) is 4.33. The van der Waals surface area contributed by atoms with Crippen LogP contribution in [0.1, 0.15) is 34.9 Å². The van der Waals surface area contributed by atoms with Crippen molar-refractivity contribution in [3.8, 4) is 0 Å². The predicted octanol–water partition coefficient (Wildman–Crippen LogP) is 3.94. The first-order valence-corrected chi connectivity index (χ1v) is 12.4. The zero-order valence-electron chi connectivity index (χ0n) is 19.6. The van der Waals surface area contributed by atoms with Gasteiger partial charge in [-0.15, -0.1) is 0 Å². The highest BCUT2D eigenvalue weighted by Gasteiger charge is 2.34. The minimum absolute atomic E-state index is 0.0474. The summed E-state index contributed by atoms with van der Waals surface area (Å²) in [5.74, 6) is 0.415. The third kappa shape index (κ3) is 4.76. The van der Waals surface area contributed by atoms with Crippen LogP contribution in [-0.2, 0) is 14.8 Å². The van der Waals surface area contributed by atoms with E-state index < -0.39 is 10.0 Å². The Kier molecular flexibility index (Phi) is 6.58. The van der Waals surface area contributed by atoms with E-state index in [1.807, 2.05) is 44.2 Å². The number of sulfonamides is 1. The summed E-state index contributed by atoms with van der Waals surface area (Å²) in [6.07, 6.45) is 2.12. The highest BCUT2D eigenvalue weighted by molar-refractivity contribution is 7.89. The summed E-state index contributed by atoms with van der Waals surface area (Å²) in [6, 6.07) is 16.1. The number of aryl methyl sites for hydroxylation is 2. The SMILES string of the molecule is Cc1ccc(C2=NN(C(=O)CNc3cc(S(=O)(=O)N(C)C)ccc3C)C(c3ccco3)C2)cc1. The molecule has 1 aliphatic rings. The predicted molar refractivity (Wildman–Crippen MR) is 131 cm³/mol. The molecule has 178 valence electrons. The van der Waals surface area contributed by atoms with Crippen LogP contribution in [0.3, 0.4) is 0 Å². The van der Waals surface area contributed by atoms with Crippen molar-refractivity contribution in [2.24, 2.45) is 5.10 Å². The van der Waals surface area contributed by atoms with Gasteiger partial charge in [-0.2, -0.15) is 5.10 Å². The van der Waals surface area contributed by atoms with Crippen LogP contribution in [0.15, 0.2) is 75.3 Å². The normalized spacial score (nSPS) is 16.1. The molecule has 1 N–H and O–H groups in total. The number of anilines is 1. The Morgan fingerprint density at radius 3 is 2.53 bits per heavy atom. The maximum absolute atomic E-state index is 13.2. The van der Waals surface area contributed by atoms with Crippen molar-refractivity contribution in [1.29, 1.82) is 0 Å². The van der Waals surface area contributed by atoms with Gasteiger partial charge in [0.05, 0.1) is 23.4 Å². The Hall–Kier alpha value is -3.43. The Balaban J connectivity index is 1.56. The largest absolute Gasteiger partial charge is 0.467 e. The van der Waals surface area contributed by atoms with Crippen molar-refractivity contribution < 1.29 is 17.6 Å². The second kappa shape index (κ2) is 9.44. The number of nitrogens with zero attached hydrogens (tertiary/aromatic N) is 3. The molecule has 9 heteroatoms. The van der Waals surface area contributed by atoms with Gasteiger partial charge in [-0.1, -0.05) is 35.9 Å². The number of carbonyl (C=O) groups excluding carboxylic acids is 1. The van der Waals surface area contributed by atoms with Crippen molar-refractivity contribution in [3.63, 3.8) is 0 Å². The van der Waals surface area contributed by atoms with E-state index in [0.29, 0.717) is 17.9 Å². The van der Waals surface area contributed by atoms with Gasteiger partial charge in [0.15, 0.2) is 0 Å². The number of furan rings is 1. The lowest BCUT2D eigenvalue weighted by Gasteiger charge is -2.21. The number of nitrogens with one attached hydrogen (secondary N) is 1. The van der Waals surface area contributed by atoms with E-state index in [4.69, 9.17) is 4.42 Å². The van der Waals surface area contributed by atoms with Crippen LogP contribution in [0.5, 0.6) is 0 Å². The van der Waals surface area contributed by atoms with Gasteiger partial charge in [0.1, 0.15) is 11.8 Å². The van der Waals surface area contributed by atoms with Gasteiger partial charge in [0, 0.05) is 26.2 Å². The van der Waals surface area contributed by atoms with Crippen LogP contribution in [0.2, 0.25) is 0 Å². The molecule has 3 aromatic rings. The molecule has 0 spiro atoms. The van der Waals surface area contributed by atoms with E-state index in [9.17, 15) is 13.2 Å². The van der Waals surface area contributed by atoms with Crippen molar-refractivity contribution in [1.82, 2.24) is 9.31 Å². The van der Waals surface area contributed by atoms with Gasteiger partial charge < -0.3 is 9.73 Å². The maximum atomic E-state index is 13.2. The van der Waals surface area contributed by atoms with E-state index in [-0.39, 0.29) is 23.4 Å². The van der Waals surface area contributed by atoms with E-state index in [1.165, 1.54) is 19.1 Å². The van der Waals surface area contributed by atoms with Gasteiger partial charge in [-0.05, 0) is 49.2 Å². The third-order valence-electron chi connectivity index (χ3n) is 5.84. The highest BCUT2D eigenvalue weighted by Crippen LogP contribution is 2.33. The van der Waals surface area contributed by atoms with E-state index in [2.05, 4.69) is 10.4 Å². The lowest BCUT2D eigenvalue weighted by atomic mass is 10.0. The topological polar surface area (TPSA) is 95.2 Å². The van der Waals surface area contributed by atoms with Gasteiger partial charge in [0.25, 0.3) is 5.91 Å². The Morgan fingerprint density at radius 1 is 1.15 bits per heavy atom. The first-order valence-electron chi connectivity index (χ1n) is 10.9. The number of amides is 1. The lowest BCUT2D eigenvalue weighted by molar-refractivity contribution is -0.131. The van der Waals surface area contributed by atoms with Crippen molar-refractivity contribution in [3.05, 3.63) is 83.3 Å². The highest BCUT2D eigenvalue weighted by atomic mass is 32.2. The van der Waals surface area contributed by atoms with Crippen molar-refractivity contribution in [2.75, 3.05) is 26.0 Å². The van der Waals surface area contributed by atoms with Gasteiger partial charge in [-0.3, -0.25) is 4.79 Å². The molecule has 0 aliphatic carbocycles. The molecule has 1 aliphatic heterocycles. The second-order valence-corrected chi connectivity index (χ2v) is 10.7. The average Bonchev–Trinajstić information content (AvgIpc) is 3.48.